The molecule has 7 nitrogen and oxygen atoms in total. The van der Waals surface area contributed by atoms with Crippen molar-refractivity contribution in [3.63, 3.8) is 0 Å². The smallest absolute Gasteiger partial charge is 0.351 e. The van der Waals surface area contributed by atoms with Gasteiger partial charge in [-0.3, -0.25) is 10.2 Å². The first kappa shape index (κ1) is 25.1. The summed E-state index contributed by atoms with van der Waals surface area (Å²) < 4.78 is 52.8. The lowest BCUT2D eigenvalue weighted by Gasteiger charge is -2.30. The fraction of sp³-hybridized carbons (Fsp3) is 0.391. The van der Waals surface area contributed by atoms with E-state index in [1.54, 1.807) is 18.3 Å². The average molecular weight is 509 g/mol. The molecule has 2 fully saturated rings. The van der Waals surface area contributed by atoms with E-state index in [1.807, 2.05) is 0 Å². The van der Waals surface area contributed by atoms with Crippen LogP contribution >= 0.6 is 11.8 Å². The number of carbonyl (C=O) groups is 1. The summed E-state index contributed by atoms with van der Waals surface area (Å²) in [5, 5.41) is 16.5. The number of amides is 1. The van der Waals surface area contributed by atoms with Crippen molar-refractivity contribution in [1.82, 2.24) is 20.6 Å². The highest BCUT2D eigenvalue weighted by molar-refractivity contribution is 8.18. The Kier molecular flexibility index (Phi) is 7.70. The molecule has 1 aliphatic heterocycles. The number of hydrogen-bond donors (Lipinski definition) is 4. The van der Waals surface area contributed by atoms with Crippen LogP contribution in [0.25, 0.3) is 6.08 Å². The second-order valence-electron chi connectivity index (χ2n) is 8.38. The summed E-state index contributed by atoms with van der Waals surface area (Å²) in [6.45, 7) is 0.394. The monoisotopic (exact) mass is 508 g/mol. The number of rotatable bonds is 7. The van der Waals surface area contributed by atoms with Crippen LogP contribution in [-0.4, -0.2) is 39.7 Å². The minimum Gasteiger partial charge on any atom is -0.351 e. The predicted octanol–water partition coefficient (Wildman–Crippen LogP) is 4.96. The van der Waals surface area contributed by atoms with Gasteiger partial charge in [-0.1, -0.05) is 12.1 Å². The Balaban J connectivity index is 1.24. The highest BCUT2D eigenvalue weighted by atomic mass is 32.2. The number of benzene rings is 1. The summed E-state index contributed by atoms with van der Waals surface area (Å²) in [7, 11) is 0. The molecule has 4 rings (SSSR count). The van der Waals surface area contributed by atoms with Crippen LogP contribution in [0.15, 0.2) is 35.4 Å². The number of thioether (sulfide) groups is 1. The average Bonchev–Trinajstić information content (AvgIpc) is 3.12. The normalized spacial score (nSPS) is 21.9. The maximum Gasteiger partial charge on any atom is 0.419 e. The quantitative estimate of drug-likeness (QED) is 0.394. The molecule has 1 aromatic carbocycles. The predicted molar refractivity (Wildman–Crippen MR) is 127 cm³/mol. The number of anilines is 1. The molecule has 0 spiro atoms. The van der Waals surface area contributed by atoms with Gasteiger partial charge in [0.1, 0.15) is 11.7 Å². The molecule has 186 valence electrons. The molecule has 1 aromatic heterocycles. The van der Waals surface area contributed by atoms with Crippen molar-refractivity contribution in [1.29, 1.82) is 5.41 Å². The van der Waals surface area contributed by atoms with Crippen molar-refractivity contribution < 1.29 is 22.4 Å². The Morgan fingerprint density at radius 1 is 1.17 bits per heavy atom. The molecule has 0 bridgehead atoms. The third-order valence-electron chi connectivity index (χ3n) is 5.90. The van der Waals surface area contributed by atoms with Crippen molar-refractivity contribution in [3.8, 4) is 0 Å². The number of nitrogens with zero attached hydrogens (tertiary/aromatic N) is 2. The van der Waals surface area contributed by atoms with Gasteiger partial charge in [-0.15, -0.1) is 0 Å². The molecule has 4 N–H and O–H groups in total. The van der Waals surface area contributed by atoms with E-state index in [2.05, 4.69) is 25.9 Å². The standard InChI is InChI=1S/C23H24F4N6OS/c24-19-13(2-1-3-17(19)23(25,26)27)8-10-29-14-4-6-15(7-5-14)31-21-30-11-9-16(32-21)12-18-20(28)33-22(34)35-18/h1-3,9,11-12,14-15,29H,4-8,10H2,(H2,28,33,34)(H,30,31,32)/b18-12-. The summed E-state index contributed by atoms with van der Waals surface area (Å²) in [5.74, 6) is -0.682. The Bertz CT molecular complexity index is 1130. The molecule has 12 heteroatoms. The lowest BCUT2D eigenvalue weighted by atomic mass is 9.91. The molecule has 1 saturated heterocycles. The van der Waals surface area contributed by atoms with Gasteiger partial charge in [0.25, 0.3) is 5.24 Å². The molecule has 35 heavy (non-hydrogen) atoms. The molecule has 0 radical (unpaired) electrons. The second kappa shape index (κ2) is 10.7. The van der Waals surface area contributed by atoms with Crippen molar-refractivity contribution >= 4 is 34.9 Å². The number of carbonyl (C=O) groups excluding carboxylic acids is 1. The van der Waals surface area contributed by atoms with Crippen LogP contribution in [0.1, 0.15) is 42.5 Å². The fourth-order valence-electron chi connectivity index (χ4n) is 4.13. The topological polar surface area (TPSA) is 103 Å². The van der Waals surface area contributed by atoms with Crippen LogP contribution in [0, 0.1) is 11.2 Å². The van der Waals surface area contributed by atoms with Crippen LogP contribution in [0.4, 0.5) is 28.3 Å². The van der Waals surface area contributed by atoms with Crippen LogP contribution in [0.2, 0.25) is 0 Å². The van der Waals surface area contributed by atoms with Gasteiger partial charge >= 0.3 is 6.18 Å². The lowest BCUT2D eigenvalue weighted by Crippen LogP contribution is -2.38. The van der Waals surface area contributed by atoms with E-state index >= 15 is 0 Å². The van der Waals surface area contributed by atoms with E-state index in [-0.39, 0.29) is 35.1 Å². The van der Waals surface area contributed by atoms with Crippen LogP contribution in [0.3, 0.4) is 0 Å². The maximum atomic E-state index is 14.2. The first-order chi connectivity index (χ1) is 16.7. The Labute approximate surface area is 203 Å². The van der Waals surface area contributed by atoms with E-state index in [4.69, 9.17) is 5.41 Å². The minimum atomic E-state index is -4.70. The zero-order valence-corrected chi connectivity index (χ0v) is 19.4. The van der Waals surface area contributed by atoms with E-state index < -0.39 is 17.6 Å². The fourth-order valence-corrected chi connectivity index (χ4v) is 4.81. The van der Waals surface area contributed by atoms with Gasteiger partial charge in [-0.2, -0.15) is 13.2 Å². The van der Waals surface area contributed by atoms with E-state index in [9.17, 15) is 22.4 Å². The molecule has 2 heterocycles. The van der Waals surface area contributed by atoms with E-state index in [0.717, 1.165) is 43.5 Å². The zero-order chi connectivity index (χ0) is 25.0. The lowest BCUT2D eigenvalue weighted by molar-refractivity contribution is -0.140. The first-order valence-electron chi connectivity index (χ1n) is 11.2. The third-order valence-corrected chi connectivity index (χ3v) is 6.73. The SMILES string of the molecule is N=C1NC(=O)S/C1=C\c1ccnc(NC2CCC(NCCc3cccc(C(F)(F)F)c3F)CC2)n1. The number of nitrogens with one attached hydrogen (secondary N) is 4. The van der Waals surface area contributed by atoms with Gasteiger partial charge in [0.15, 0.2) is 0 Å². The van der Waals surface area contributed by atoms with E-state index in [0.29, 0.717) is 23.1 Å². The minimum absolute atomic E-state index is 0.0507. The molecule has 1 saturated carbocycles. The molecule has 1 aliphatic carbocycles. The van der Waals surface area contributed by atoms with Crippen molar-refractivity contribution in [2.75, 3.05) is 11.9 Å². The van der Waals surface area contributed by atoms with Gasteiger partial charge < -0.3 is 16.0 Å². The third kappa shape index (κ3) is 6.57. The molecule has 1 amide bonds. The van der Waals surface area contributed by atoms with Gasteiger partial charge in [-0.05, 0) is 74.2 Å². The van der Waals surface area contributed by atoms with Crippen LogP contribution in [-0.2, 0) is 12.6 Å². The summed E-state index contributed by atoms with van der Waals surface area (Å²) in [4.78, 5) is 20.6. The number of aromatic nitrogens is 2. The van der Waals surface area contributed by atoms with Crippen LogP contribution in [0.5, 0.6) is 0 Å². The Morgan fingerprint density at radius 3 is 2.60 bits per heavy atom. The van der Waals surface area contributed by atoms with Crippen molar-refractivity contribution in [3.05, 3.63) is 58.0 Å². The highest BCUT2D eigenvalue weighted by Gasteiger charge is 2.34. The van der Waals surface area contributed by atoms with Gasteiger partial charge in [0, 0.05) is 18.3 Å². The summed E-state index contributed by atoms with van der Waals surface area (Å²) in [6, 6.07) is 5.45. The Hall–Kier alpha value is -2.99. The number of hydrogen-bond acceptors (Lipinski definition) is 7. The van der Waals surface area contributed by atoms with Crippen molar-refractivity contribution in [2.45, 2.75) is 50.4 Å². The molecule has 0 unspecified atom stereocenters. The largest absolute Gasteiger partial charge is 0.419 e. The number of alkyl halides is 3. The van der Waals surface area contributed by atoms with Gasteiger partial charge in [-0.25, -0.2) is 14.4 Å². The van der Waals surface area contributed by atoms with Crippen LogP contribution < -0.4 is 16.0 Å². The summed E-state index contributed by atoms with van der Waals surface area (Å²) in [5.41, 5.74) is -0.584. The molecule has 2 aromatic rings. The number of amidine groups is 1. The molecule has 2 aliphatic rings. The second-order valence-corrected chi connectivity index (χ2v) is 9.39. The van der Waals surface area contributed by atoms with Gasteiger partial charge in [0.05, 0.1) is 16.2 Å². The maximum absolute atomic E-state index is 14.2. The highest BCUT2D eigenvalue weighted by Crippen LogP contribution is 2.32. The van der Waals surface area contributed by atoms with Crippen molar-refractivity contribution in [2.24, 2.45) is 0 Å². The van der Waals surface area contributed by atoms with E-state index in [1.165, 1.54) is 12.1 Å². The summed E-state index contributed by atoms with van der Waals surface area (Å²) in [6.07, 6.45) is 2.16. The summed E-state index contributed by atoms with van der Waals surface area (Å²) >= 11 is 0.946. The van der Waals surface area contributed by atoms with Gasteiger partial charge in [0.2, 0.25) is 5.95 Å². The zero-order valence-electron chi connectivity index (χ0n) is 18.6. The first-order valence-corrected chi connectivity index (χ1v) is 12.0. The molecule has 0 atom stereocenters. The Morgan fingerprint density at radius 2 is 1.91 bits per heavy atom. The molecular weight excluding hydrogens is 484 g/mol. The number of halogens is 4. The molecular formula is C23H24F4N6OS.